The predicted octanol–water partition coefficient (Wildman–Crippen LogP) is 1.48. The minimum absolute atomic E-state index is 0.00407. The molecule has 0 amide bonds. The second-order valence-corrected chi connectivity index (χ2v) is 1.57. The van der Waals surface area contributed by atoms with Crippen molar-refractivity contribution in [3.63, 3.8) is 0 Å². The van der Waals surface area contributed by atoms with Gasteiger partial charge in [0, 0.05) is 11.8 Å². The van der Waals surface area contributed by atoms with Crippen LogP contribution in [0.25, 0.3) is 0 Å². The van der Waals surface area contributed by atoms with Crippen LogP contribution in [0, 0.1) is 0 Å². The average molecular weight is 125 g/mol. The number of hydrogen-bond acceptors (Lipinski definition) is 2. The van der Waals surface area contributed by atoms with E-state index in [4.69, 9.17) is 10.8 Å². The van der Waals surface area contributed by atoms with Crippen LogP contribution in [0.4, 0.5) is 0 Å². The summed E-state index contributed by atoms with van der Waals surface area (Å²) in [4.78, 5) is 0. The summed E-state index contributed by atoms with van der Waals surface area (Å²) in [7, 11) is 0. The van der Waals surface area contributed by atoms with Gasteiger partial charge in [-0.05, 0) is 6.92 Å². The molecule has 9 heavy (non-hydrogen) atoms. The number of rotatable bonds is 2. The van der Waals surface area contributed by atoms with Crippen molar-refractivity contribution in [1.82, 2.24) is 0 Å². The highest BCUT2D eigenvalue weighted by atomic mass is 16.3. The van der Waals surface area contributed by atoms with Crippen LogP contribution in [0.15, 0.2) is 36.3 Å². The third-order valence-corrected chi connectivity index (χ3v) is 0.859. The molecule has 0 unspecified atom stereocenters. The zero-order chi connectivity index (χ0) is 7.28. The molecule has 50 valence electrons. The van der Waals surface area contributed by atoms with Gasteiger partial charge >= 0.3 is 0 Å². The van der Waals surface area contributed by atoms with Gasteiger partial charge in [-0.3, -0.25) is 0 Å². The van der Waals surface area contributed by atoms with E-state index in [1.54, 1.807) is 12.2 Å². The largest absolute Gasteiger partial charge is 0.508 e. The van der Waals surface area contributed by atoms with Crippen LogP contribution in [-0.2, 0) is 0 Å². The molecule has 0 bridgehead atoms. The van der Waals surface area contributed by atoms with Gasteiger partial charge in [0.1, 0.15) is 5.76 Å². The first-order chi connectivity index (χ1) is 4.22. The van der Waals surface area contributed by atoms with E-state index in [2.05, 4.69) is 6.58 Å². The van der Waals surface area contributed by atoms with Crippen molar-refractivity contribution in [3.05, 3.63) is 36.3 Å². The minimum atomic E-state index is -0.00407. The summed E-state index contributed by atoms with van der Waals surface area (Å²) in [5.74, 6) is -0.00407. The SMILES string of the molecule is C=C(O)C(/C=C\C)=C/N. The van der Waals surface area contributed by atoms with Gasteiger partial charge in [0.05, 0.1) is 0 Å². The van der Waals surface area contributed by atoms with E-state index in [1.165, 1.54) is 6.20 Å². The van der Waals surface area contributed by atoms with Gasteiger partial charge in [0.15, 0.2) is 0 Å². The van der Waals surface area contributed by atoms with Crippen molar-refractivity contribution in [2.24, 2.45) is 5.73 Å². The smallest absolute Gasteiger partial charge is 0.117 e. The highest BCUT2D eigenvalue weighted by Gasteiger charge is 1.90. The van der Waals surface area contributed by atoms with Crippen molar-refractivity contribution >= 4 is 0 Å². The van der Waals surface area contributed by atoms with Crippen LogP contribution >= 0.6 is 0 Å². The molecule has 0 radical (unpaired) electrons. The number of hydrogen-bond donors (Lipinski definition) is 2. The van der Waals surface area contributed by atoms with Crippen molar-refractivity contribution in [2.75, 3.05) is 0 Å². The Morgan fingerprint density at radius 2 is 2.22 bits per heavy atom. The second kappa shape index (κ2) is 3.78. The van der Waals surface area contributed by atoms with E-state index in [-0.39, 0.29) is 5.76 Å². The molecule has 0 atom stereocenters. The second-order valence-electron chi connectivity index (χ2n) is 1.57. The first kappa shape index (κ1) is 7.82. The lowest BCUT2D eigenvalue weighted by atomic mass is 10.2. The monoisotopic (exact) mass is 125 g/mol. The molecular formula is C7H11NO. The first-order valence-corrected chi connectivity index (χ1v) is 2.65. The lowest BCUT2D eigenvalue weighted by Crippen LogP contribution is -1.87. The molecule has 0 rings (SSSR count). The summed E-state index contributed by atoms with van der Waals surface area (Å²) in [5, 5.41) is 8.75. The number of aliphatic hydroxyl groups excluding tert-OH is 1. The van der Waals surface area contributed by atoms with Crippen LogP contribution in [0.2, 0.25) is 0 Å². The molecule has 0 aromatic heterocycles. The topological polar surface area (TPSA) is 46.2 Å². The standard InChI is InChI=1S/C7H11NO/c1-3-4-7(5-8)6(2)9/h3-5,9H,2,8H2,1H3/b4-3-,7-5+. The summed E-state index contributed by atoms with van der Waals surface area (Å²) < 4.78 is 0. The maximum Gasteiger partial charge on any atom is 0.117 e. The van der Waals surface area contributed by atoms with E-state index in [1.807, 2.05) is 6.92 Å². The third-order valence-electron chi connectivity index (χ3n) is 0.859. The molecule has 0 aromatic carbocycles. The Hall–Kier alpha value is -1.18. The van der Waals surface area contributed by atoms with Crippen LogP contribution in [0.5, 0.6) is 0 Å². The summed E-state index contributed by atoms with van der Waals surface area (Å²) >= 11 is 0. The van der Waals surface area contributed by atoms with E-state index in [0.717, 1.165) is 0 Å². The fourth-order valence-corrected chi connectivity index (χ4v) is 0.428. The van der Waals surface area contributed by atoms with Crippen molar-refractivity contribution < 1.29 is 5.11 Å². The molecule has 3 N–H and O–H groups in total. The molecule has 0 saturated carbocycles. The molecule has 0 aliphatic rings. The molecule has 2 nitrogen and oxygen atoms in total. The van der Waals surface area contributed by atoms with Gasteiger partial charge in [-0.15, -0.1) is 0 Å². The number of allylic oxidation sites excluding steroid dienone is 2. The van der Waals surface area contributed by atoms with Gasteiger partial charge in [0.2, 0.25) is 0 Å². The molecule has 0 spiro atoms. The van der Waals surface area contributed by atoms with Crippen molar-refractivity contribution in [2.45, 2.75) is 6.92 Å². The van der Waals surface area contributed by atoms with Gasteiger partial charge in [-0.1, -0.05) is 18.7 Å². The number of aliphatic hydroxyl groups is 1. The van der Waals surface area contributed by atoms with Gasteiger partial charge < -0.3 is 10.8 Å². The van der Waals surface area contributed by atoms with Crippen LogP contribution in [-0.4, -0.2) is 5.11 Å². The summed E-state index contributed by atoms with van der Waals surface area (Å²) in [6.45, 7) is 5.14. The van der Waals surface area contributed by atoms with Crippen molar-refractivity contribution in [1.29, 1.82) is 0 Å². The van der Waals surface area contributed by atoms with Crippen LogP contribution < -0.4 is 5.73 Å². The van der Waals surface area contributed by atoms with Crippen LogP contribution in [0.3, 0.4) is 0 Å². The maximum absolute atomic E-state index is 8.75. The zero-order valence-electron chi connectivity index (χ0n) is 5.46. The quantitative estimate of drug-likeness (QED) is 0.433. The summed E-state index contributed by atoms with van der Waals surface area (Å²) in [6.07, 6.45) is 4.77. The lowest BCUT2D eigenvalue weighted by molar-refractivity contribution is 0.429. The molecule has 0 heterocycles. The van der Waals surface area contributed by atoms with E-state index >= 15 is 0 Å². The molecule has 0 aliphatic heterocycles. The Labute approximate surface area is 55.0 Å². The van der Waals surface area contributed by atoms with Gasteiger partial charge in [0.25, 0.3) is 0 Å². The summed E-state index contributed by atoms with van der Waals surface area (Å²) in [5.41, 5.74) is 5.68. The summed E-state index contributed by atoms with van der Waals surface area (Å²) in [6, 6.07) is 0. The normalized spacial score (nSPS) is 12.3. The van der Waals surface area contributed by atoms with Crippen LogP contribution in [0.1, 0.15) is 6.92 Å². The van der Waals surface area contributed by atoms with Gasteiger partial charge in [-0.25, -0.2) is 0 Å². The van der Waals surface area contributed by atoms with E-state index in [9.17, 15) is 0 Å². The third kappa shape index (κ3) is 2.59. The highest BCUT2D eigenvalue weighted by molar-refractivity contribution is 5.32. The highest BCUT2D eigenvalue weighted by Crippen LogP contribution is 2.02. The minimum Gasteiger partial charge on any atom is -0.508 e. The molecule has 0 aromatic rings. The molecule has 0 aliphatic carbocycles. The lowest BCUT2D eigenvalue weighted by Gasteiger charge is -1.94. The predicted molar refractivity (Wildman–Crippen MR) is 38.9 cm³/mol. The van der Waals surface area contributed by atoms with Gasteiger partial charge in [-0.2, -0.15) is 0 Å². The Morgan fingerprint density at radius 3 is 2.33 bits per heavy atom. The Kier molecular flexibility index (Phi) is 3.28. The first-order valence-electron chi connectivity index (χ1n) is 2.65. The zero-order valence-corrected chi connectivity index (χ0v) is 5.46. The molecule has 0 fully saturated rings. The molecule has 0 saturated heterocycles. The van der Waals surface area contributed by atoms with E-state index in [0.29, 0.717) is 5.57 Å². The molecule has 2 heteroatoms. The molecular weight excluding hydrogens is 114 g/mol. The number of nitrogens with two attached hydrogens (primary N) is 1. The Bertz CT molecular complexity index is 156. The fourth-order valence-electron chi connectivity index (χ4n) is 0.428. The fraction of sp³-hybridized carbons (Fsp3) is 0.143. The Morgan fingerprint density at radius 1 is 1.67 bits per heavy atom. The maximum atomic E-state index is 8.75. The average Bonchev–Trinajstić information content (AvgIpc) is 1.82. The van der Waals surface area contributed by atoms with E-state index < -0.39 is 0 Å². The van der Waals surface area contributed by atoms with Crippen molar-refractivity contribution in [3.8, 4) is 0 Å². The Balaban J connectivity index is 4.19.